The van der Waals surface area contributed by atoms with Crippen LogP contribution in [0.1, 0.15) is 10.5 Å². The highest BCUT2D eigenvalue weighted by molar-refractivity contribution is 5.87. The summed E-state index contributed by atoms with van der Waals surface area (Å²) in [6.45, 7) is 0. The van der Waals surface area contributed by atoms with E-state index < -0.39 is 5.97 Å². The molecule has 2 N–H and O–H groups in total. The van der Waals surface area contributed by atoms with Crippen molar-refractivity contribution in [3.8, 4) is 11.5 Å². The van der Waals surface area contributed by atoms with Crippen LogP contribution in [0.15, 0.2) is 34.9 Å². The Morgan fingerprint density at radius 1 is 1.38 bits per heavy atom. The van der Waals surface area contributed by atoms with E-state index in [-0.39, 0.29) is 5.69 Å². The van der Waals surface area contributed by atoms with Gasteiger partial charge in [0.25, 0.3) is 0 Å². The van der Waals surface area contributed by atoms with E-state index in [1.165, 1.54) is 13.4 Å². The van der Waals surface area contributed by atoms with Crippen LogP contribution in [0, 0.1) is 0 Å². The van der Waals surface area contributed by atoms with Gasteiger partial charge >= 0.3 is 5.97 Å². The number of hydrogen-bond donors (Lipinski definition) is 1. The summed E-state index contributed by atoms with van der Waals surface area (Å²) < 4.78 is 9.68. The van der Waals surface area contributed by atoms with Gasteiger partial charge in [-0.2, -0.15) is 0 Å². The van der Waals surface area contributed by atoms with Crippen molar-refractivity contribution >= 4 is 11.7 Å². The summed E-state index contributed by atoms with van der Waals surface area (Å²) in [5.41, 5.74) is 7.11. The summed E-state index contributed by atoms with van der Waals surface area (Å²) in [6, 6.07) is 7.00. The Kier molecular flexibility index (Phi) is 2.59. The molecule has 5 heteroatoms. The molecule has 0 radical (unpaired) electrons. The number of oxazole rings is 1. The van der Waals surface area contributed by atoms with Gasteiger partial charge in [0.05, 0.1) is 7.11 Å². The maximum Gasteiger partial charge on any atom is 0.360 e. The van der Waals surface area contributed by atoms with Crippen molar-refractivity contribution in [2.45, 2.75) is 0 Å². The predicted molar refractivity (Wildman–Crippen MR) is 57.7 cm³/mol. The molecule has 0 aliphatic carbocycles. The normalized spacial score (nSPS) is 10.1. The van der Waals surface area contributed by atoms with Crippen LogP contribution in [-0.4, -0.2) is 18.1 Å². The lowest BCUT2D eigenvalue weighted by Crippen LogP contribution is -2.00. The molecule has 2 rings (SSSR count). The van der Waals surface area contributed by atoms with E-state index in [1.807, 2.05) is 0 Å². The zero-order valence-electron chi connectivity index (χ0n) is 8.64. The van der Waals surface area contributed by atoms with E-state index in [0.29, 0.717) is 11.6 Å². The second-order valence-corrected chi connectivity index (χ2v) is 3.15. The molecule has 82 valence electrons. The molecule has 0 bridgehead atoms. The van der Waals surface area contributed by atoms with Gasteiger partial charge in [-0.3, -0.25) is 0 Å². The first-order chi connectivity index (χ1) is 7.70. The van der Waals surface area contributed by atoms with Crippen molar-refractivity contribution in [1.82, 2.24) is 4.98 Å². The van der Waals surface area contributed by atoms with E-state index in [9.17, 15) is 4.79 Å². The number of nitrogens with zero attached hydrogens (tertiary/aromatic N) is 1. The molecule has 0 aliphatic rings. The summed E-state index contributed by atoms with van der Waals surface area (Å²) in [4.78, 5) is 15.1. The van der Waals surface area contributed by atoms with Crippen LogP contribution < -0.4 is 5.73 Å². The first-order valence-corrected chi connectivity index (χ1v) is 4.60. The van der Waals surface area contributed by atoms with Crippen molar-refractivity contribution in [2.24, 2.45) is 0 Å². The molecule has 0 atom stereocenters. The largest absolute Gasteiger partial charge is 0.464 e. The van der Waals surface area contributed by atoms with Crippen molar-refractivity contribution in [2.75, 3.05) is 12.8 Å². The number of carbonyl (C=O) groups excluding carboxylic acids is 1. The van der Waals surface area contributed by atoms with E-state index in [1.54, 1.807) is 24.3 Å². The maximum absolute atomic E-state index is 11.1. The Bertz CT molecular complexity index is 502. The third kappa shape index (κ3) is 1.88. The Labute approximate surface area is 91.8 Å². The first kappa shape index (κ1) is 10.2. The molecule has 1 aromatic carbocycles. The number of nitrogens with two attached hydrogens (primary N) is 1. The van der Waals surface area contributed by atoms with Crippen molar-refractivity contribution in [1.29, 1.82) is 0 Å². The zero-order valence-corrected chi connectivity index (χ0v) is 8.64. The molecule has 0 aliphatic heterocycles. The minimum Gasteiger partial charge on any atom is -0.464 e. The van der Waals surface area contributed by atoms with E-state index in [2.05, 4.69) is 9.72 Å². The monoisotopic (exact) mass is 218 g/mol. The zero-order chi connectivity index (χ0) is 11.5. The fourth-order valence-corrected chi connectivity index (χ4v) is 1.23. The number of hydrogen-bond acceptors (Lipinski definition) is 5. The standard InChI is InChI=1S/C11H10N2O3/c1-15-11(14)9-6-16-10(13-9)7-2-4-8(12)5-3-7/h2-6H,12H2,1H3. The minimum absolute atomic E-state index is 0.148. The molecule has 0 spiro atoms. The fraction of sp³-hybridized carbons (Fsp3) is 0.0909. The SMILES string of the molecule is COC(=O)c1coc(-c2ccc(N)cc2)n1. The minimum atomic E-state index is -0.523. The van der Waals surface area contributed by atoms with Gasteiger partial charge in [-0.1, -0.05) is 0 Å². The van der Waals surface area contributed by atoms with Crippen LogP contribution in [-0.2, 0) is 4.74 Å². The fourth-order valence-electron chi connectivity index (χ4n) is 1.23. The quantitative estimate of drug-likeness (QED) is 0.613. The van der Waals surface area contributed by atoms with Gasteiger partial charge in [-0.25, -0.2) is 9.78 Å². The van der Waals surface area contributed by atoms with Gasteiger partial charge in [-0.05, 0) is 24.3 Å². The number of ether oxygens (including phenoxy) is 1. The van der Waals surface area contributed by atoms with Crippen LogP contribution in [0.3, 0.4) is 0 Å². The van der Waals surface area contributed by atoms with E-state index in [4.69, 9.17) is 10.2 Å². The summed E-state index contributed by atoms with van der Waals surface area (Å²) in [5, 5.41) is 0. The Morgan fingerprint density at radius 2 is 2.06 bits per heavy atom. The molecular weight excluding hydrogens is 208 g/mol. The lowest BCUT2D eigenvalue weighted by Gasteiger charge is -1.95. The highest BCUT2D eigenvalue weighted by atomic mass is 16.5. The summed E-state index contributed by atoms with van der Waals surface area (Å²) in [6.07, 6.45) is 1.26. The van der Waals surface area contributed by atoms with Gasteiger partial charge in [-0.15, -0.1) is 0 Å². The van der Waals surface area contributed by atoms with Crippen molar-refractivity contribution in [3.63, 3.8) is 0 Å². The summed E-state index contributed by atoms with van der Waals surface area (Å²) in [7, 11) is 1.29. The number of esters is 1. The van der Waals surface area contributed by atoms with Gasteiger partial charge in [0.15, 0.2) is 5.69 Å². The predicted octanol–water partition coefficient (Wildman–Crippen LogP) is 1.71. The average molecular weight is 218 g/mol. The van der Waals surface area contributed by atoms with Crippen LogP contribution in [0.4, 0.5) is 5.69 Å². The number of benzene rings is 1. The number of rotatable bonds is 2. The van der Waals surface area contributed by atoms with Gasteiger partial charge in [0.1, 0.15) is 6.26 Å². The third-order valence-corrected chi connectivity index (χ3v) is 2.06. The number of methoxy groups -OCH3 is 1. The van der Waals surface area contributed by atoms with Crippen molar-refractivity contribution < 1.29 is 13.9 Å². The summed E-state index contributed by atoms with van der Waals surface area (Å²) in [5.74, 6) is -0.161. The Balaban J connectivity index is 2.31. The molecule has 0 fully saturated rings. The highest BCUT2D eigenvalue weighted by Crippen LogP contribution is 2.19. The molecule has 5 nitrogen and oxygen atoms in total. The van der Waals surface area contributed by atoms with Crippen LogP contribution in [0.2, 0.25) is 0 Å². The lowest BCUT2D eigenvalue weighted by molar-refractivity contribution is 0.0594. The van der Waals surface area contributed by atoms with Gasteiger partial charge in [0, 0.05) is 11.3 Å². The average Bonchev–Trinajstić information content (AvgIpc) is 2.78. The van der Waals surface area contributed by atoms with E-state index >= 15 is 0 Å². The molecule has 0 unspecified atom stereocenters. The Hall–Kier alpha value is -2.30. The van der Waals surface area contributed by atoms with Gasteiger partial charge in [0.2, 0.25) is 5.89 Å². The molecule has 1 heterocycles. The maximum atomic E-state index is 11.1. The highest BCUT2D eigenvalue weighted by Gasteiger charge is 2.13. The molecule has 16 heavy (non-hydrogen) atoms. The number of anilines is 1. The van der Waals surface area contributed by atoms with Crippen molar-refractivity contribution in [3.05, 3.63) is 36.2 Å². The smallest absolute Gasteiger partial charge is 0.360 e. The second kappa shape index (κ2) is 4.06. The first-order valence-electron chi connectivity index (χ1n) is 4.60. The number of aromatic nitrogens is 1. The topological polar surface area (TPSA) is 78.3 Å². The van der Waals surface area contributed by atoms with Gasteiger partial charge < -0.3 is 14.9 Å². The molecule has 0 saturated carbocycles. The molecule has 0 saturated heterocycles. The Morgan fingerprint density at radius 3 is 2.69 bits per heavy atom. The molecule has 2 aromatic rings. The lowest BCUT2D eigenvalue weighted by atomic mass is 10.2. The second-order valence-electron chi connectivity index (χ2n) is 3.15. The molecule has 1 aromatic heterocycles. The van der Waals surface area contributed by atoms with E-state index in [0.717, 1.165) is 5.56 Å². The van der Waals surface area contributed by atoms with Crippen LogP contribution in [0.5, 0.6) is 0 Å². The van der Waals surface area contributed by atoms with Crippen LogP contribution >= 0.6 is 0 Å². The third-order valence-electron chi connectivity index (χ3n) is 2.06. The number of nitrogen functional groups attached to an aromatic ring is 1. The van der Waals surface area contributed by atoms with Crippen LogP contribution in [0.25, 0.3) is 11.5 Å². The molecular formula is C11H10N2O3. The number of carbonyl (C=O) groups is 1. The molecule has 0 amide bonds. The summed E-state index contributed by atoms with van der Waals surface area (Å²) >= 11 is 0.